The summed E-state index contributed by atoms with van der Waals surface area (Å²) in [5, 5.41) is 6.18. The maximum atomic E-state index is 13.0. The molecule has 110 valence electrons. The Morgan fingerprint density at radius 3 is 2.75 bits per heavy atom. The van der Waals surface area contributed by atoms with Crippen molar-refractivity contribution in [2.24, 2.45) is 0 Å². The van der Waals surface area contributed by atoms with E-state index in [4.69, 9.17) is 0 Å². The molecular weight excluding hydrogens is 257 g/mol. The number of carbonyl (C=O) groups is 1. The molecule has 20 heavy (non-hydrogen) atoms. The van der Waals surface area contributed by atoms with Gasteiger partial charge in [-0.25, -0.2) is 4.39 Å². The van der Waals surface area contributed by atoms with Crippen LogP contribution in [0.15, 0.2) is 24.3 Å². The van der Waals surface area contributed by atoms with Crippen molar-refractivity contribution in [2.75, 3.05) is 25.0 Å². The van der Waals surface area contributed by atoms with Crippen molar-refractivity contribution in [1.82, 2.24) is 10.2 Å². The summed E-state index contributed by atoms with van der Waals surface area (Å²) in [5.74, 6) is -0.415. The van der Waals surface area contributed by atoms with Gasteiger partial charge in [0.15, 0.2) is 0 Å². The second-order valence-electron chi connectivity index (χ2n) is 5.54. The van der Waals surface area contributed by atoms with Crippen molar-refractivity contribution >= 4 is 11.6 Å². The van der Waals surface area contributed by atoms with E-state index in [0.29, 0.717) is 24.2 Å². The molecule has 4 nitrogen and oxygen atoms in total. The Kier molecular flexibility index (Phi) is 5.09. The van der Waals surface area contributed by atoms with E-state index in [1.807, 2.05) is 0 Å². The minimum Gasteiger partial charge on any atom is -0.326 e. The number of anilines is 1. The lowest BCUT2D eigenvalue weighted by Crippen LogP contribution is -2.54. The summed E-state index contributed by atoms with van der Waals surface area (Å²) in [6.45, 7) is 6.94. The minimum atomic E-state index is -0.340. The van der Waals surface area contributed by atoms with E-state index in [9.17, 15) is 9.18 Å². The van der Waals surface area contributed by atoms with Crippen LogP contribution in [0.3, 0.4) is 0 Å². The van der Waals surface area contributed by atoms with Crippen molar-refractivity contribution < 1.29 is 9.18 Å². The Hall–Kier alpha value is -1.46. The van der Waals surface area contributed by atoms with Gasteiger partial charge in [-0.05, 0) is 32.0 Å². The molecule has 2 atom stereocenters. The predicted molar refractivity (Wildman–Crippen MR) is 78.1 cm³/mol. The number of nitrogens with zero attached hydrogens (tertiary/aromatic N) is 1. The summed E-state index contributed by atoms with van der Waals surface area (Å²) in [4.78, 5) is 14.1. The SMILES string of the molecule is CC1CN(CCC(=O)Nc2cccc(F)c2)CC(C)N1. The van der Waals surface area contributed by atoms with Crippen molar-refractivity contribution in [1.29, 1.82) is 0 Å². The molecule has 1 fully saturated rings. The van der Waals surface area contributed by atoms with Gasteiger partial charge in [-0.3, -0.25) is 9.69 Å². The highest BCUT2D eigenvalue weighted by atomic mass is 19.1. The van der Waals surface area contributed by atoms with Crippen LogP contribution in [0.5, 0.6) is 0 Å². The summed E-state index contributed by atoms with van der Waals surface area (Å²) in [5.41, 5.74) is 0.511. The normalized spacial score (nSPS) is 23.6. The molecule has 0 bridgehead atoms. The first-order valence-electron chi connectivity index (χ1n) is 7.07. The molecule has 0 saturated carbocycles. The first-order valence-corrected chi connectivity index (χ1v) is 7.07. The second kappa shape index (κ2) is 6.81. The van der Waals surface area contributed by atoms with Gasteiger partial charge in [-0.15, -0.1) is 0 Å². The third kappa shape index (κ3) is 4.58. The van der Waals surface area contributed by atoms with Gasteiger partial charge in [0.1, 0.15) is 5.82 Å². The van der Waals surface area contributed by atoms with Crippen molar-refractivity contribution in [3.63, 3.8) is 0 Å². The highest BCUT2D eigenvalue weighted by Crippen LogP contribution is 2.10. The summed E-state index contributed by atoms with van der Waals surface area (Å²) >= 11 is 0. The summed E-state index contributed by atoms with van der Waals surface area (Å²) < 4.78 is 13.0. The zero-order valence-corrected chi connectivity index (χ0v) is 12.0. The fraction of sp³-hybridized carbons (Fsp3) is 0.533. The van der Waals surface area contributed by atoms with E-state index < -0.39 is 0 Å². The molecular formula is C15H22FN3O. The summed E-state index contributed by atoms with van der Waals surface area (Å²) in [6, 6.07) is 6.86. The van der Waals surface area contributed by atoms with Crippen LogP contribution in [-0.4, -0.2) is 42.5 Å². The zero-order chi connectivity index (χ0) is 14.5. The minimum absolute atomic E-state index is 0.0746. The molecule has 1 saturated heterocycles. The van der Waals surface area contributed by atoms with Gasteiger partial charge in [0.05, 0.1) is 0 Å². The third-order valence-corrected chi connectivity index (χ3v) is 3.40. The van der Waals surface area contributed by atoms with Gasteiger partial charge in [-0.1, -0.05) is 6.07 Å². The second-order valence-corrected chi connectivity index (χ2v) is 5.54. The van der Waals surface area contributed by atoms with Crippen LogP contribution in [0.1, 0.15) is 20.3 Å². The molecule has 0 spiro atoms. The highest BCUT2D eigenvalue weighted by molar-refractivity contribution is 5.90. The molecule has 1 amide bonds. The van der Waals surface area contributed by atoms with Gasteiger partial charge in [0.2, 0.25) is 5.91 Å². The Balaban J connectivity index is 1.77. The monoisotopic (exact) mass is 279 g/mol. The van der Waals surface area contributed by atoms with Crippen LogP contribution in [0, 0.1) is 5.82 Å². The van der Waals surface area contributed by atoms with Crippen molar-refractivity contribution in [3.8, 4) is 0 Å². The topological polar surface area (TPSA) is 44.4 Å². The number of benzene rings is 1. The van der Waals surface area contributed by atoms with Gasteiger partial charge >= 0.3 is 0 Å². The van der Waals surface area contributed by atoms with Crippen LogP contribution >= 0.6 is 0 Å². The molecule has 2 unspecified atom stereocenters. The van der Waals surface area contributed by atoms with Gasteiger partial charge < -0.3 is 10.6 Å². The first kappa shape index (κ1) is 14.9. The van der Waals surface area contributed by atoms with Gasteiger partial charge in [-0.2, -0.15) is 0 Å². The lowest BCUT2D eigenvalue weighted by molar-refractivity contribution is -0.116. The molecule has 2 N–H and O–H groups in total. The fourth-order valence-corrected chi connectivity index (χ4v) is 2.67. The van der Waals surface area contributed by atoms with E-state index in [0.717, 1.165) is 19.6 Å². The van der Waals surface area contributed by atoms with E-state index in [1.165, 1.54) is 12.1 Å². The number of hydrogen-bond donors (Lipinski definition) is 2. The van der Waals surface area contributed by atoms with Crippen LogP contribution in [-0.2, 0) is 4.79 Å². The number of carbonyl (C=O) groups excluding carboxylic acids is 1. The first-order chi connectivity index (χ1) is 9.52. The lowest BCUT2D eigenvalue weighted by Gasteiger charge is -2.35. The number of nitrogens with one attached hydrogen (secondary N) is 2. The molecule has 0 radical (unpaired) electrons. The molecule has 0 aromatic heterocycles. The summed E-state index contributed by atoms with van der Waals surface area (Å²) in [6.07, 6.45) is 0.427. The largest absolute Gasteiger partial charge is 0.326 e. The van der Waals surface area contributed by atoms with Crippen molar-refractivity contribution in [2.45, 2.75) is 32.4 Å². The molecule has 1 aromatic rings. The molecule has 1 aliphatic heterocycles. The highest BCUT2D eigenvalue weighted by Gasteiger charge is 2.20. The number of rotatable bonds is 4. The van der Waals surface area contributed by atoms with Crippen molar-refractivity contribution in [3.05, 3.63) is 30.1 Å². The molecule has 2 rings (SSSR count). The number of halogens is 1. The fourth-order valence-electron chi connectivity index (χ4n) is 2.67. The maximum absolute atomic E-state index is 13.0. The van der Waals surface area contributed by atoms with Crippen LogP contribution in [0.2, 0.25) is 0 Å². The van der Waals surface area contributed by atoms with Crippen LogP contribution in [0.25, 0.3) is 0 Å². The average Bonchev–Trinajstić information content (AvgIpc) is 2.35. The van der Waals surface area contributed by atoms with Gasteiger partial charge in [0.25, 0.3) is 0 Å². The molecule has 1 aromatic carbocycles. The third-order valence-electron chi connectivity index (χ3n) is 3.40. The number of hydrogen-bond acceptors (Lipinski definition) is 3. The van der Waals surface area contributed by atoms with E-state index in [-0.39, 0.29) is 11.7 Å². The molecule has 1 aliphatic rings. The molecule has 5 heteroatoms. The molecule has 0 aliphatic carbocycles. The quantitative estimate of drug-likeness (QED) is 0.884. The van der Waals surface area contributed by atoms with E-state index in [2.05, 4.69) is 29.4 Å². The lowest BCUT2D eigenvalue weighted by atomic mass is 10.1. The summed E-state index contributed by atoms with van der Waals surface area (Å²) in [7, 11) is 0. The number of piperazine rings is 1. The molecule has 1 heterocycles. The van der Waals surface area contributed by atoms with Gasteiger partial charge in [0, 0.05) is 43.8 Å². The van der Waals surface area contributed by atoms with E-state index in [1.54, 1.807) is 12.1 Å². The zero-order valence-electron chi connectivity index (χ0n) is 12.0. The standard InChI is InChI=1S/C15H22FN3O/c1-11-9-19(10-12(2)17-11)7-6-15(20)18-14-5-3-4-13(16)8-14/h3-5,8,11-12,17H,6-7,9-10H2,1-2H3,(H,18,20). The van der Waals surface area contributed by atoms with Crippen LogP contribution in [0.4, 0.5) is 10.1 Å². The van der Waals surface area contributed by atoms with Crippen LogP contribution < -0.4 is 10.6 Å². The average molecular weight is 279 g/mol. The Bertz CT molecular complexity index is 456. The Labute approximate surface area is 119 Å². The predicted octanol–water partition coefficient (Wildman–Crippen LogP) is 1.84. The van der Waals surface area contributed by atoms with E-state index >= 15 is 0 Å². The Morgan fingerprint density at radius 2 is 2.10 bits per heavy atom. The Morgan fingerprint density at radius 1 is 1.40 bits per heavy atom. The smallest absolute Gasteiger partial charge is 0.225 e. The maximum Gasteiger partial charge on any atom is 0.225 e. The number of amides is 1.